The lowest BCUT2D eigenvalue weighted by Gasteiger charge is -2.25. The molecule has 0 radical (unpaired) electrons. The maximum Gasteiger partial charge on any atom is 0.271 e. The molecule has 0 saturated carbocycles. The fraction of sp³-hybridized carbons (Fsp3) is 0.348. The molecule has 0 bridgehead atoms. The molecule has 0 N–H and O–H groups in total. The van der Waals surface area contributed by atoms with Crippen LogP contribution in [-0.4, -0.2) is 49.8 Å². The maximum absolute atomic E-state index is 13.1. The van der Waals surface area contributed by atoms with Crippen molar-refractivity contribution in [3.63, 3.8) is 0 Å². The molecule has 1 aliphatic heterocycles. The second-order valence-corrected chi connectivity index (χ2v) is 10.5. The molecule has 5 rings (SSSR count). The third kappa shape index (κ3) is 4.08. The lowest BCUT2D eigenvalue weighted by molar-refractivity contribution is -0.384. The predicted octanol–water partition coefficient (Wildman–Crippen LogP) is 2.90. The Hall–Kier alpha value is -3.64. The molecule has 0 atom stereocenters. The number of imidazole rings is 1. The van der Waals surface area contributed by atoms with Crippen LogP contribution in [0.4, 0.5) is 5.69 Å². The second kappa shape index (κ2) is 8.86. The third-order valence-electron chi connectivity index (χ3n) is 6.40. The summed E-state index contributed by atoms with van der Waals surface area (Å²) in [5, 5.41) is 11.3. The number of aryl methyl sites for hydroxylation is 1. The quantitative estimate of drug-likeness (QED) is 0.296. The highest BCUT2D eigenvalue weighted by Gasteiger charge is 2.26. The Kier molecular flexibility index (Phi) is 5.85. The molecule has 0 spiro atoms. The number of rotatable bonds is 6. The normalized spacial score (nSPS) is 15.1. The van der Waals surface area contributed by atoms with Crippen molar-refractivity contribution in [1.82, 2.24) is 23.4 Å². The summed E-state index contributed by atoms with van der Waals surface area (Å²) >= 11 is 0. The number of hydrogen-bond donors (Lipinski definition) is 0. The number of benzene rings is 2. The van der Waals surface area contributed by atoms with Crippen LogP contribution in [0, 0.1) is 10.1 Å². The molecule has 2 aromatic carbocycles. The van der Waals surface area contributed by atoms with Gasteiger partial charge in [-0.25, -0.2) is 18.4 Å². The highest BCUT2D eigenvalue weighted by molar-refractivity contribution is 7.89. The molecule has 1 fully saturated rings. The molecule has 3 heterocycles. The molecule has 1 aliphatic rings. The van der Waals surface area contributed by atoms with Gasteiger partial charge in [-0.15, -0.1) is 0 Å². The first-order chi connectivity index (χ1) is 16.8. The van der Waals surface area contributed by atoms with Crippen molar-refractivity contribution in [1.29, 1.82) is 0 Å². The summed E-state index contributed by atoms with van der Waals surface area (Å²) in [5.74, 6) is 0.584. The largest absolute Gasteiger partial charge is 0.327 e. The van der Waals surface area contributed by atoms with Gasteiger partial charge in [-0.3, -0.25) is 19.5 Å². The fourth-order valence-corrected chi connectivity index (χ4v) is 6.11. The Morgan fingerprint density at radius 2 is 1.83 bits per heavy atom. The van der Waals surface area contributed by atoms with Crippen molar-refractivity contribution in [3.05, 3.63) is 69.0 Å². The summed E-state index contributed by atoms with van der Waals surface area (Å²) in [4.78, 5) is 32.6. The zero-order valence-corrected chi connectivity index (χ0v) is 19.9. The molecule has 35 heavy (non-hydrogen) atoms. The Balaban J connectivity index is 1.52. The van der Waals surface area contributed by atoms with E-state index in [1.165, 1.54) is 33.4 Å². The van der Waals surface area contributed by atoms with E-state index in [1.807, 2.05) is 11.5 Å². The standard InChI is InChI=1S/C23H24N6O5S/c1-2-28-21-9-7-17(35(33,34)27-10-4-3-5-11-27)13-20(21)25-22(28)14-26-15-24-19-12-16(29(31)32)6-8-18(19)23(26)30/h6-9,12-13,15H,2-5,10-11,14H2,1H3. The van der Waals surface area contributed by atoms with Crippen molar-refractivity contribution >= 4 is 37.6 Å². The minimum atomic E-state index is -3.59. The van der Waals surface area contributed by atoms with Gasteiger partial charge in [-0.1, -0.05) is 6.42 Å². The smallest absolute Gasteiger partial charge is 0.271 e. The highest BCUT2D eigenvalue weighted by atomic mass is 32.2. The van der Waals surface area contributed by atoms with Crippen LogP contribution in [0.5, 0.6) is 0 Å². The first-order valence-corrected chi connectivity index (χ1v) is 12.9. The minimum absolute atomic E-state index is 0.121. The van der Waals surface area contributed by atoms with Crippen molar-refractivity contribution < 1.29 is 13.3 Å². The van der Waals surface area contributed by atoms with Gasteiger partial charge >= 0.3 is 0 Å². The monoisotopic (exact) mass is 496 g/mol. The van der Waals surface area contributed by atoms with Crippen LogP contribution in [-0.2, 0) is 23.1 Å². The van der Waals surface area contributed by atoms with Gasteiger partial charge in [-0.05, 0) is 44.0 Å². The first-order valence-electron chi connectivity index (χ1n) is 11.4. The zero-order chi connectivity index (χ0) is 24.7. The SMILES string of the molecule is CCn1c(Cn2cnc3cc([N+](=O)[O-])ccc3c2=O)nc2cc(S(=O)(=O)N3CCCCC3)ccc21. The lowest BCUT2D eigenvalue weighted by Crippen LogP contribution is -2.35. The number of nitrogens with zero attached hydrogens (tertiary/aromatic N) is 6. The zero-order valence-electron chi connectivity index (χ0n) is 19.1. The van der Waals surface area contributed by atoms with E-state index < -0.39 is 14.9 Å². The van der Waals surface area contributed by atoms with Gasteiger partial charge in [0.05, 0.1) is 44.6 Å². The number of aromatic nitrogens is 4. The van der Waals surface area contributed by atoms with Gasteiger partial charge < -0.3 is 4.57 Å². The van der Waals surface area contributed by atoms with Crippen LogP contribution in [0.1, 0.15) is 32.0 Å². The van der Waals surface area contributed by atoms with Crippen LogP contribution in [0.3, 0.4) is 0 Å². The van der Waals surface area contributed by atoms with Gasteiger partial charge in [0.15, 0.2) is 0 Å². The van der Waals surface area contributed by atoms with E-state index >= 15 is 0 Å². The molecule has 4 aromatic rings. The topological polar surface area (TPSA) is 133 Å². The van der Waals surface area contributed by atoms with Crippen molar-refractivity contribution in [3.8, 4) is 0 Å². The summed E-state index contributed by atoms with van der Waals surface area (Å²) in [5.41, 5.74) is 1.09. The third-order valence-corrected chi connectivity index (χ3v) is 8.29. The van der Waals surface area contributed by atoms with Crippen LogP contribution in [0.2, 0.25) is 0 Å². The fourth-order valence-electron chi connectivity index (χ4n) is 4.57. The number of fused-ring (bicyclic) bond motifs is 2. The summed E-state index contributed by atoms with van der Waals surface area (Å²) < 4.78 is 31.1. The van der Waals surface area contributed by atoms with E-state index in [0.29, 0.717) is 31.0 Å². The summed E-state index contributed by atoms with van der Waals surface area (Å²) in [6.45, 7) is 3.69. The average Bonchev–Trinajstić information content (AvgIpc) is 3.22. The Morgan fingerprint density at radius 3 is 2.54 bits per heavy atom. The van der Waals surface area contributed by atoms with E-state index in [0.717, 1.165) is 24.8 Å². The number of piperidine rings is 1. The number of hydrogen-bond acceptors (Lipinski definition) is 7. The highest BCUT2D eigenvalue weighted by Crippen LogP contribution is 2.25. The molecule has 2 aromatic heterocycles. The summed E-state index contributed by atoms with van der Waals surface area (Å²) in [6.07, 6.45) is 4.10. The molecule has 11 nitrogen and oxygen atoms in total. The van der Waals surface area contributed by atoms with Gasteiger partial charge in [0.2, 0.25) is 10.0 Å². The van der Waals surface area contributed by atoms with Crippen LogP contribution >= 0.6 is 0 Å². The number of nitro benzene ring substituents is 1. The number of non-ortho nitro benzene ring substituents is 1. The van der Waals surface area contributed by atoms with Gasteiger partial charge in [0.25, 0.3) is 11.2 Å². The second-order valence-electron chi connectivity index (χ2n) is 8.52. The van der Waals surface area contributed by atoms with E-state index in [2.05, 4.69) is 9.97 Å². The van der Waals surface area contributed by atoms with Crippen LogP contribution in [0.25, 0.3) is 21.9 Å². The molecular formula is C23H24N6O5S. The van der Waals surface area contributed by atoms with Gasteiger partial charge in [-0.2, -0.15) is 4.31 Å². The molecule has 0 aliphatic carbocycles. The molecular weight excluding hydrogens is 472 g/mol. The van der Waals surface area contributed by atoms with Gasteiger partial charge in [0.1, 0.15) is 5.82 Å². The average molecular weight is 497 g/mol. The Bertz CT molecular complexity index is 1620. The number of sulfonamides is 1. The summed E-state index contributed by atoms with van der Waals surface area (Å²) in [6, 6.07) is 8.91. The molecule has 12 heteroatoms. The molecule has 0 unspecified atom stereocenters. The van der Waals surface area contributed by atoms with Gasteiger partial charge in [0, 0.05) is 31.8 Å². The number of nitro groups is 1. The van der Waals surface area contributed by atoms with Crippen LogP contribution in [0.15, 0.2) is 52.4 Å². The van der Waals surface area contributed by atoms with E-state index in [1.54, 1.807) is 18.2 Å². The Morgan fingerprint density at radius 1 is 1.06 bits per heavy atom. The summed E-state index contributed by atoms with van der Waals surface area (Å²) in [7, 11) is -3.59. The molecule has 0 amide bonds. The first kappa shape index (κ1) is 23.1. The van der Waals surface area contributed by atoms with Crippen molar-refractivity contribution in [2.45, 2.75) is 44.2 Å². The molecule has 182 valence electrons. The minimum Gasteiger partial charge on any atom is -0.327 e. The van der Waals surface area contributed by atoms with E-state index in [4.69, 9.17) is 0 Å². The maximum atomic E-state index is 13.1. The Labute approximate surface area is 200 Å². The molecule has 1 saturated heterocycles. The van der Waals surface area contributed by atoms with Crippen molar-refractivity contribution in [2.24, 2.45) is 0 Å². The predicted molar refractivity (Wildman–Crippen MR) is 130 cm³/mol. The van der Waals surface area contributed by atoms with E-state index in [-0.39, 0.29) is 33.6 Å². The van der Waals surface area contributed by atoms with Crippen LogP contribution < -0.4 is 5.56 Å². The van der Waals surface area contributed by atoms with Crippen molar-refractivity contribution in [2.75, 3.05) is 13.1 Å². The lowest BCUT2D eigenvalue weighted by atomic mass is 10.2. The van der Waals surface area contributed by atoms with E-state index in [9.17, 15) is 23.3 Å².